The second kappa shape index (κ2) is 8.78. The number of hydrogen-bond acceptors (Lipinski definition) is 2. The number of amides is 2. The lowest BCUT2D eigenvalue weighted by atomic mass is 9.86. The molecule has 1 aliphatic carbocycles. The van der Waals surface area contributed by atoms with E-state index in [4.69, 9.17) is 0 Å². The summed E-state index contributed by atoms with van der Waals surface area (Å²) >= 11 is 0. The fourth-order valence-electron chi connectivity index (χ4n) is 3.14. The van der Waals surface area contributed by atoms with Crippen molar-refractivity contribution in [3.05, 3.63) is 30.1 Å². The Labute approximate surface area is 142 Å². The van der Waals surface area contributed by atoms with Crippen LogP contribution >= 0.6 is 0 Å². The smallest absolute Gasteiger partial charge is 0.279 e. The molecule has 0 radical (unpaired) electrons. The molecule has 1 fully saturated rings. The maximum Gasteiger partial charge on any atom is 0.279 e. The SMILES string of the molecule is C[C@@H]1CCCC[C@H]1NC(=O)C[NH+](C)CC(=O)Nc1ccc(F)cc1. The highest BCUT2D eigenvalue weighted by Gasteiger charge is 2.24. The molecule has 1 unspecified atom stereocenters. The Morgan fingerprint density at radius 1 is 1.12 bits per heavy atom. The molecular formula is C18H27FN3O2+. The molecule has 0 aromatic heterocycles. The summed E-state index contributed by atoms with van der Waals surface area (Å²) in [5, 5.41) is 5.80. The number of quaternary nitrogens is 1. The van der Waals surface area contributed by atoms with Crippen LogP contribution in [-0.4, -0.2) is 38.0 Å². The number of benzene rings is 1. The van der Waals surface area contributed by atoms with Crippen molar-refractivity contribution in [3.8, 4) is 0 Å². The average molecular weight is 336 g/mol. The molecule has 3 N–H and O–H groups in total. The zero-order valence-electron chi connectivity index (χ0n) is 14.4. The number of halogens is 1. The van der Waals surface area contributed by atoms with E-state index < -0.39 is 0 Å². The Balaban J connectivity index is 1.73. The number of nitrogens with one attached hydrogen (secondary N) is 3. The third kappa shape index (κ3) is 5.92. The number of carbonyl (C=O) groups is 2. The molecule has 2 rings (SSSR count). The van der Waals surface area contributed by atoms with Gasteiger partial charge in [-0.05, 0) is 43.0 Å². The van der Waals surface area contributed by atoms with Crippen molar-refractivity contribution in [1.82, 2.24) is 5.32 Å². The maximum atomic E-state index is 12.8. The van der Waals surface area contributed by atoms with Crippen LogP contribution in [0.15, 0.2) is 24.3 Å². The number of anilines is 1. The Kier molecular flexibility index (Phi) is 6.73. The molecule has 6 heteroatoms. The van der Waals surface area contributed by atoms with Gasteiger partial charge in [0.15, 0.2) is 13.1 Å². The topological polar surface area (TPSA) is 62.6 Å². The van der Waals surface area contributed by atoms with Crippen LogP contribution in [-0.2, 0) is 9.59 Å². The predicted molar refractivity (Wildman–Crippen MR) is 91.2 cm³/mol. The number of carbonyl (C=O) groups excluding carboxylic acids is 2. The summed E-state index contributed by atoms with van der Waals surface area (Å²) in [7, 11) is 1.81. The van der Waals surface area contributed by atoms with Gasteiger partial charge in [0, 0.05) is 11.7 Å². The van der Waals surface area contributed by atoms with Crippen LogP contribution in [0.3, 0.4) is 0 Å². The van der Waals surface area contributed by atoms with Crippen LogP contribution in [0.2, 0.25) is 0 Å². The monoisotopic (exact) mass is 336 g/mol. The minimum Gasteiger partial charge on any atom is -0.348 e. The zero-order valence-corrected chi connectivity index (χ0v) is 14.4. The fourth-order valence-corrected chi connectivity index (χ4v) is 3.14. The van der Waals surface area contributed by atoms with Crippen molar-refractivity contribution < 1.29 is 18.9 Å². The predicted octanol–water partition coefficient (Wildman–Crippen LogP) is 0.974. The summed E-state index contributed by atoms with van der Waals surface area (Å²) in [5.74, 6) is -0.0343. The highest BCUT2D eigenvalue weighted by molar-refractivity contribution is 5.91. The van der Waals surface area contributed by atoms with Crippen LogP contribution in [0.4, 0.5) is 10.1 Å². The molecule has 2 amide bonds. The molecule has 1 aromatic carbocycles. The van der Waals surface area contributed by atoms with Gasteiger partial charge in [0.05, 0.1) is 7.05 Å². The van der Waals surface area contributed by atoms with E-state index in [9.17, 15) is 14.0 Å². The molecule has 1 saturated carbocycles. The average Bonchev–Trinajstić information content (AvgIpc) is 2.51. The lowest BCUT2D eigenvalue weighted by molar-refractivity contribution is -0.862. The molecule has 0 saturated heterocycles. The Morgan fingerprint density at radius 3 is 2.42 bits per heavy atom. The second-order valence-corrected chi connectivity index (χ2v) is 6.80. The second-order valence-electron chi connectivity index (χ2n) is 6.80. The van der Waals surface area contributed by atoms with Crippen molar-refractivity contribution in [2.45, 2.75) is 38.6 Å². The highest BCUT2D eigenvalue weighted by atomic mass is 19.1. The van der Waals surface area contributed by atoms with Crippen LogP contribution in [0.25, 0.3) is 0 Å². The van der Waals surface area contributed by atoms with Crippen molar-refractivity contribution in [2.75, 3.05) is 25.5 Å². The van der Waals surface area contributed by atoms with E-state index in [-0.39, 0.29) is 36.8 Å². The summed E-state index contributed by atoms with van der Waals surface area (Å²) in [6, 6.07) is 5.88. The van der Waals surface area contributed by atoms with Gasteiger partial charge >= 0.3 is 0 Å². The highest BCUT2D eigenvalue weighted by Crippen LogP contribution is 2.23. The third-order valence-corrected chi connectivity index (χ3v) is 4.51. The van der Waals surface area contributed by atoms with E-state index >= 15 is 0 Å². The van der Waals surface area contributed by atoms with Crippen LogP contribution < -0.4 is 15.5 Å². The van der Waals surface area contributed by atoms with Gasteiger partial charge in [0.1, 0.15) is 5.82 Å². The van der Waals surface area contributed by atoms with Gasteiger partial charge < -0.3 is 15.5 Å². The summed E-state index contributed by atoms with van der Waals surface area (Å²) < 4.78 is 12.8. The molecule has 0 aliphatic heterocycles. The summed E-state index contributed by atoms with van der Waals surface area (Å²) in [6.45, 7) is 2.63. The van der Waals surface area contributed by atoms with E-state index in [0.717, 1.165) is 24.2 Å². The molecule has 0 spiro atoms. The first kappa shape index (κ1) is 18.4. The van der Waals surface area contributed by atoms with E-state index in [2.05, 4.69) is 17.6 Å². The first-order valence-electron chi connectivity index (χ1n) is 8.60. The van der Waals surface area contributed by atoms with Crippen molar-refractivity contribution in [1.29, 1.82) is 0 Å². The Morgan fingerprint density at radius 2 is 1.75 bits per heavy atom. The van der Waals surface area contributed by atoms with Crippen LogP contribution in [0.5, 0.6) is 0 Å². The minimum atomic E-state index is -0.343. The molecule has 24 heavy (non-hydrogen) atoms. The summed E-state index contributed by atoms with van der Waals surface area (Å²) in [5.41, 5.74) is 0.551. The van der Waals surface area contributed by atoms with Crippen molar-refractivity contribution in [3.63, 3.8) is 0 Å². The normalized spacial score (nSPS) is 21.8. The molecule has 3 atom stereocenters. The molecule has 132 valence electrons. The van der Waals surface area contributed by atoms with Gasteiger partial charge in [0.2, 0.25) is 0 Å². The molecule has 1 aliphatic rings. The molecule has 1 aromatic rings. The van der Waals surface area contributed by atoms with Crippen LogP contribution in [0.1, 0.15) is 32.6 Å². The largest absolute Gasteiger partial charge is 0.348 e. The van der Waals surface area contributed by atoms with Crippen molar-refractivity contribution in [2.24, 2.45) is 5.92 Å². The Hall–Kier alpha value is -1.95. The van der Waals surface area contributed by atoms with Gasteiger partial charge in [-0.15, -0.1) is 0 Å². The first-order valence-corrected chi connectivity index (χ1v) is 8.60. The number of likely N-dealkylation sites (N-methyl/N-ethyl adjacent to an activating group) is 1. The van der Waals surface area contributed by atoms with E-state index in [0.29, 0.717) is 11.6 Å². The van der Waals surface area contributed by atoms with Crippen molar-refractivity contribution >= 4 is 17.5 Å². The Bertz CT molecular complexity index is 562. The number of hydrogen-bond donors (Lipinski definition) is 3. The van der Waals surface area contributed by atoms with Gasteiger partial charge in [-0.2, -0.15) is 0 Å². The third-order valence-electron chi connectivity index (χ3n) is 4.51. The molecular weight excluding hydrogens is 309 g/mol. The standard InChI is InChI=1S/C18H26FN3O2/c1-13-5-3-4-6-16(13)21-18(24)12-22(2)11-17(23)20-15-9-7-14(19)8-10-15/h7-10,13,16H,3-6,11-12H2,1-2H3,(H,20,23)(H,21,24)/p+1/t13-,16-/m1/s1. The van der Waals surface area contributed by atoms with Gasteiger partial charge in [-0.25, -0.2) is 4.39 Å². The zero-order chi connectivity index (χ0) is 17.5. The van der Waals surface area contributed by atoms with E-state index in [1.165, 1.54) is 30.7 Å². The van der Waals surface area contributed by atoms with Gasteiger partial charge in [0.25, 0.3) is 11.8 Å². The van der Waals surface area contributed by atoms with Gasteiger partial charge in [-0.3, -0.25) is 9.59 Å². The molecule has 0 bridgehead atoms. The molecule has 5 nitrogen and oxygen atoms in total. The minimum absolute atomic E-state index is 0.0131. The lowest BCUT2D eigenvalue weighted by Gasteiger charge is -2.29. The fraction of sp³-hybridized carbons (Fsp3) is 0.556. The summed E-state index contributed by atoms with van der Waals surface area (Å²) in [4.78, 5) is 24.9. The number of rotatable bonds is 6. The molecule has 0 heterocycles. The van der Waals surface area contributed by atoms with Gasteiger partial charge in [-0.1, -0.05) is 19.8 Å². The van der Waals surface area contributed by atoms with E-state index in [1.807, 2.05) is 7.05 Å². The maximum absolute atomic E-state index is 12.8. The van der Waals surface area contributed by atoms with Crippen LogP contribution in [0, 0.1) is 11.7 Å². The quantitative estimate of drug-likeness (QED) is 0.725. The first-order chi connectivity index (χ1) is 11.4. The summed E-state index contributed by atoms with van der Waals surface area (Å²) in [6.07, 6.45) is 4.60. The lowest BCUT2D eigenvalue weighted by Crippen LogP contribution is -3.11. The van der Waals surface area contributed by atoms with E-state index in [1.54, 1.807) is 0 Å².